The molecule has 0 saturated heterocycles. The Balaban J connectivity index is 2.99. The smallest absolute Gasteiger partial charge is 0.0169 e. The van der Waals surface area contributed by atoms with Gasteiger partial charge in [0.15, 0.2) is 0 Å². The zero-order valence-corrected chi connectivity index (χ0v) is 5.83. The van der Waals surface area contributed by atoms with Crippen LogP contribution >= 0.6 is 15.9 Å². The van der Waals surface area contributed by atoms with Gasteiger partial charge in [0.1, 0.15) is 0 Å². The average Bonchev–Trinajstić information content (AvgIpc) is 1.36. The van der Waals surface area contributed by atoms with Gasteiger partial charge in [0.05, 0.1) is 0 Å². The molecule has 0 heterocycles. The summed E-state index contributed by atoms with van der Waals surface area (Å²) in [5.74, 6) is 0.657. The molecule has 1 unspecified atom stereocenters. The Kier molecular flexibility index (Phi) is 2.83. The third-order valence-electron chi connectivity index (χ3n) is 0.723. The zero-order valence-electron chi connectivity index (χ0n) is 4.24. The molecule has 0 aliphatic carbocycles. The molecule has 0 aromatic rings. The number of hydrogen-bond acceptors (Lipinski definition) is 0. The molecule has 0 aliphatic heterocycles. The second-order valence-electron chi connectivity index (χ2n) is 1.76. The van der Waals surface area contributed by atoms with Crippen molar-refractivity contribution in [2.75, 3.05) is 0 Å². The van der Waals surface area contributed by atoms with E-state index in [0.29, 0.717) is 10.7 Å². The third-order valence-corrected chi connectivity index (χ3v) is 1.78. The highest BCUT2D eigenvalue weighted by Crippen LogP contribution is 2.08. The maximum atomic E-state index is 3.75. The third kappa shape index (κ3) is 2.70. The summed E-state index contributed by atoms with van der Waals surface area (Å²) in [6.07, 6.45) is 0. The van der Waals surface area contributed by atoms with Crippen LogP contribution in [0.15, 0.2) is 0 Å². The van der Waals surface area contributed by atoms with Gasteiger partial charge in [-0.25, -0.2) is 0 Å². The van der Waals surface area contributed by atoms with Gasteiger partial charge in [-0.15, -0.1) is 0 Å². The summed E-state index contributed by atoms with van der Waals surface area (Å²) >= 11 is 3.33. The van der Waals surface area contributed by atoms with E-state index in [0.717, 1.165) is 0 Å². The quantitative estimate of drug-likeness (QED) is 0.503. The molecule has 1 heteroatoms. The van der Waals surface area contributed by atoms with Gasteiger partial charge in [-0.05, 0) is 12.8 Å². The van der Waals surface area contributed by atoms with Crippen molar-refractivity contribution >= 4 is 15.9 Å². The van der Waals surface area contributed by atoms with Crippen molar-refractivity contribution in [3.63, 3.8) is 0 Å². The first-order valence-electron chi connectivity index (χ1n) is 2.11. The van der Waals surface area contributed by atoms with Crippen LogP contribution in [0.2, 0.25) is 0 Å². The number of rotatable bonds is 1. The van der Waals surface area contributed by atoms with E-state index in [1.807, 2.05) is 0 Å². The zero-order chi connectivity index (χ0) is 5.15. The van der Waals surface area contributed by atoms with E-state index in [9.17, 15) is 0 Å². The molecular weight excluding hydrogens is 140 g/mol. The Hall–Kier alpha value is 0.480. The van der Waals surface area contributed by atoms with Crippen molar-refractivity contribution in [3.05, 3.63) is 6.92 Å². The van der Waals surface area contributed by atoms with Gasteiger partial charge in [0.25, 0.3) is 0 Å². The summed E-state index contributed by atoms with van der Waals surface area (Å²) in [4.78, 5) is 0.414. The topological polar surface area (TPSA) is 0 Å². The molecule has 0 aliphatic rings. The molecule has 0 spiro atoms. The van der Waals surface area contributed by atoms with E-state index in [1.54, 1.807) is 0 Å². The van der Waals surface area contributed by atoms with Gasteiger partial charge in [0.2, 0.25) is 0 Å². The molecule has 37 valence electrons. The lowest BCUT2D eigenvalue weighted by atomic mass is 10.2. The van der Waals surface area contributed by atoms with Gasteiger partial charge < -0.3 is 0 Å². The van der Waals surface area contributed by atoms with Crippen LogP contribution in [0.4, 0.5) is 0 Å². The van der Waals surface area contributed by atoms with Crippen LogP contribution in [0.25, 0.3) is 0 Å². The molecule has 0 amide bonds. The Morgan fingerprint density at radius 3 is 1.67 bits per heavy atom. The maximum absolute atomic E-state index is 3.75. The van der Waals surface area contributed by atoms with Crippen LogP contribution < -0.4 is 0 Å². The molecule has 0 aromatic heterocycles. The van der Waals surface area contributed by atoms with Crippen LogP contribution in [0.5, 0.6) is 0 Å². The standard InChI is InChI=1S/C5H10Br/c1-4(2)5(3)6/h4-5H,3H2,1-2H3. The predicted molar refractivity (Wildman–Crippen MR) is 32.9 cm³/mol. The molecule has 0 bridgehead atoms. The molecule has 0 aromatic carbocycles. The SMILES string of the molecule is [CH2]C(Br)C(C)C. The molecule has 0 saturated carbocycles. The highest BCUT2D eigenvalue weighted by atomic mass is 79.9. The van der Waals surface area contributed by atoms with E-state index in [-0.39, 0.29) is 0 Å². The van der Waals surface area contributed by atoms with Gasteiger partial charge in [-0.2, -0.15) is 0 Å². The summed E-state index contributed by atoms with van der Waals surface area (Å²) in [6, 6.07) is 0. The fraction of sp³-hybridized carbons (Fsp3) is 0.800. The van der Waals surface area contributed by atoms with Crippen LogP contribution in [0.3, 0.4) is 0 Å². The maximum Gasteiger partial charge on any atom is 0.0169 e. The minimum atomic E-state index is 0.414. The minimum absolute atomic E-state index is 0.414. The summed E-state index contributed by atoms with van der Waals surface area (Å²) in [7, 11) is 0. The van der Waals surface area contributed by atoms with E-state index in [1.165, 1.54) is 0 Å². The van der Waals surface area contributed by atoms with Crippen molar-refractivity contribution in [1.29, 1.82) is 0 Å². The Bertz CT molecular complexity index is 24.9. The monoisotopic (exact) mass is 149 g/mol. The van der Waals surface area contributed by atoms with E-state index >= 15 is 0 Å². The molecule has 0 rings (SSSR count). The van der Waals surface area contributed by atoms with Crippen molar-refractivity contribution in [1.82, 2.24) is 0 Å². The fourth-order valence-corrected chi connectivity index (χ4v) is 0. The van der Waals surface area contributed by atoms with Gasteiger partial charge >= 0.3 is 0 Å². The molecule has 6 heavy (non-hydrogen) atoms. The Labute approximate surface area is 48.1 Å². The average molecular weight is 150 g/mol. The second-order valence-corrected chi connectivity index (χ2v) is 2.94. The first-order valence-corrected chi connectivity index (χ1v) is 3.03. The van der Waals surface area contributed by atoms with Gasteiger partial charge in [-0.3, -0.25) is 0 Å². The lowest BCUT2D eigenvalue weighted by Crippen LogP contribution is -1.99. The lowest BCUT2D eigenvalue weighted by Gasteiger charge is -2.03. The molecule has 0 nitrogen and oxygen atoms in total. The molecular formula is C5H10Br. The summed E-state index contributed by atoms with van der Waals surface area (Å²) in [5.41, 5.74) is 0. The highest BCUT2D eigenvalue weighted by molar-refractivity contribution is 9.09. The predicted octanol–water partition coefficient (Wildman–Crippen LogP) is 2.24. The first-order chi connectivity index (χ1) is 2.64. The molecule has 0 N–H and O–H groups in total. The van der Waals surface area contributed by atoms with Crippen LogP contribution in [-0.2, 0) is 0 Å². The largest absolute Gasteiger partial charge is 0.0888 e. The molecule has 1 radical (unpaired) electrons. The molecule has 0 fully saturated rings. The molecule has 1 atom stereocenters. The van der Waals surface area contributed by atoms with E-state index < -0.39 is 0 Å². The van der Waals surface area contributed by atoms with E-state index in [4.69, 9.17) is 0 Å². The fourth-order valence-electron chi connectivity index (χ4n) is 0. The van der Waals surface area contributed by atoms with Gasteiger partial charge in [0, 0.05) is 4.83 Å². The van der Waals surface area contributed by atoms with Crippen LogP contribution in [0, 0.1) is 12.8 Å². The van der Waals surface area contributed by atoms with Crippen LogP contribution in [-0.4, -0.2) is 4.83 Å². The van der Waals surface area contributed by atoms with Crippen molar-refractivity contribution in [2.45, 2.75) is 18.7 Å². The first kappa shape index (κ1) is 6.48. The van der Waals surface area contributed by atoms with Crippen LogP contribution in [0.1, 0.15) is 13.8 Å². The van der Waals surface area contributed by atoms with Crippen molar-refractivity contribution in [2.24, 2.45) is 5.92 Å². The number of halogens is 1. The van der Waals surface area contributed by atoms with Crippen molar-refractivity contribution in [3.8, 4) is 0 Å². The number of alkyl halides is 1. The Morgan fingerprint density at radius 1 is 1.50 bits per heavy atom. The van der Waals surface area contributed by atoms with Crippen molar-refractivity contribution < 1.29 is 0 Å². The minimum Gasteiger partial charge on any atom is -0.0888 e. The lowest BCUT2D eigenvalue weighted by molar-refractivity contribution is 0.684. The Morgan fingerprint density at radius 2 is 1.67 bits per heavy atom. The summed E-state index contributed by atoms with van der Waals surface area (Å²) in [6.45, 7) is 8.02. The normalized spacial score (nSPS) is 15.5. The number of hydrogen-bond donors (Lipinski definition) is 0. The summed E-state index contributed by atoms with van der Waals surface area (Å²) in [5, 5.41) is 0. The van der Waals surface area contributed by atoms with Gasteiger partial charge in [-0.1, -0.05) is 29.8 Å². The highest BCUT2D eigenvalue weighted by Gasteiger charge is 1.98. The second kappa shape index (κ2) is 2.62. The van der Waals surface area contributed by atoms with E-state index in [2.05, 4.69) is 36.7 Å². The summed E-state index contributed by atoms with van der Waals surface area (Å²) < 4.78 is 0.